The van der Waals surface area contributed by atoms with Crippen LogP contribution in [0.15, 0.2) is 45.4 Å². The Morgan fingerprint density at radius 3 is 2.65 bits per heavy atom. The van der Waals surface area contributed by atoms with Crippen LogP contribution in [0.5, 0.6) is 0 Å². The number of furan rings is 2. The van der Waals surface area contributed by atoms with E-state index >= 15 is 0 Å². The van der Waals surface area contributed by atoms with Crippen molar-refractivity contribution < 1.29 is 8.83 Å². The van der Waals surface area contributed by atoms with Gasteiger partial charge in [0.2, 0.25) is 0 Å². The van der Waals surface area contributed by atoms with E-state index in [0.29, 0.717) is 0 Å². The third kappa shape index (κ3) is 1.95. The highest BCUT2D eigenvalue weighted by Gasteiger charge is 2.24. The molecule has 1 N–H and O–H groups in total. The summed E-state index contributed by atoms with van der Waals surface area (Å²) in [7, 11) is 1.97. The summed E-state index contributed by atoms with van der Waals surface area (Å²) < 4.78 is 11.5. The van der Waals surface area contributed by atoms with Crippen molar-refractivity contribution in [2.24, 2.45) is 0 Å². The van der Waals surface area contributed by atoms with Crippen LogP contribution >= 0.6 is 0 Å². The highest BCUT2D eigenvalue weighted by Crippen LogP contribution is 2.35. The standard InChI is InChI=1S/C17H19NO2/c1-4-14-16(13-7-5-6-8-15(13)20-14)17(18-3)12-9-10-19-11(12)2/h5-10,17-18H,4H2,1-3H3. The molecule has 2 aromatic heterocycles. The topological polar surface area (TPSA) is 38.3 Å². The largest absolute Gasteiger partial charge is 0.469 e. The van der Waals surface area contributed by atoms with E-state index < -0.39 is 0 Å². The molecule has 0 saturated carbocycles. The lowest BCUT2D eigenvalue weighted by atomic mass is 9.95. The second-order valence-electron chi connectivity index (χ2n) is 4.94. The number of hydrogen-bond acceptors (Lipinski definition) is 3. The van der Waals surface area contributed by atoms with E-state index in [0.717, 1.165) is 29.1 Å². The van der Waals surface area contributed by atoms with Gasteiger partial charge in [0.1, 0.15) is 17.1 Å². The summed E-state index contributed by atoms with van der Waals surface area (Å²) in [5.41, 5.74) is 3.32. The number of rotatable bonds is 4. The Labute approximate surface area is 118 Å². The molecule has 0 radical (unpaired) electrons. The summed E-state index contributed by atoms with van der Waals surface area (Å²) in [6, 6.07) is 10.3. The molecule has 0 amide bonds. The Morgan fingerprint density at radius 2 is 2.00 bits per heavy atom. The lowest BCUT2D eigenvalue weighted by molar-refractivity contribution is 0.517. The van der Waals surface area contributed by atoms with E-state index in [1.54, 1.807) is 6.26 Å². The number of benzene rings is 1. The van der Waals surface area contributed by atoms with Gasteiger partial charge in [-0.3, -0.25) is 0 Å². The monoisotopic (exact) mass is 269 g/mol. The summed E-state index contributed by atoms with van der Waals surface area (Å²) in [5.74, 6) is 1.97. The van der Waals surface area contributed by atoms with Crippen LogP contribution in [0.25, 0.3) is 11.0 Å². The van der Waals surface area contributed by atoms with Crippen LogP contribution in [-0.2, 0) is 6.42 Å². The maximum Gasteiger partial charge on any atom is 0.134 e. The Kier molecular flexibility index (Phi) is 3.36. The lowest BCUT2D eigenvalue weighted by Crippen LogP contribution is -2.18. The molecular weight excluding hydrogens is 250 g/mol. The Balaban J connectivity index is 2.23. The maximum absolute atomic E-state index is 6.00. The van der Waals surface area contributed by atoms with Crippen molar-refractivity contribution in [3.05, 3.63) is 59.2 Å². The van der Waals surface area contributed by atoms with Gasteiger partial charge in [-0.25, -0.2) is 0 Å². The van der Waals surface area contributed by atoms with Gasteiger partial charge < -0.3 is 14.2 Å². The van der Waals surface area contributed by atoms with E-state index in [4.69, 9.17) is 8.83 Å². The number of aryl methyl sites for hydroxylation is 2. The summed E-state index contributed by atoms with van der Waals surface area (Å²) in [4.78, 5) is 0. The molecule has 0 fully saturated rings. The van der Waals surface area contributed by atoms with E-state index in [1.165, 1.54) is 10.9 Å². The molecule has 0 bridgehead atoms. The SMILES string of the molecule is CCc1oc2ccccc2c1C(NC)c1ccoc1C. The summed E-state index contributed by atoms with van der Waals surface area (Å²) >= 11 is 0. The average molecular weight is 269 g/mol. The lowest BCUT2D eigenvalue weighted by Gasteiger charge is -2.16. The first-order valence-electron chi connectivity index (χ1n) is 6.97. The predicted octanol–water partition coefficient (Wildman–Crippen LogP) is 4.21. The van der Waals surface area contributed by atoms with Gasteiger partial charge in [0, 0.05) is 22.9 Å². The fourth-order valence-corrected chi connectivity index (χ4v) is 2.84. The molecule has 0 saturated heterocycles. The van der Waals surface area contributed by atoms with E-state index in [-0.39, 0.29) is 6.04 Å². The van der Waals surface area contributed by atoms with Gasteiger partial charge in [0.25, 0.3) is 0 Å². The zero-order valence-corrected chi connectivity index (χ0v) is 12.1. The highest BCUT2D eigenvalue weighted by molar-refractivity contribution is 5.83. The zero-order valence-electron chi connectivity index (χ0n) is 12.1. The van der Waals surface area contributed by atoms with Crippen molar-refractivity contribution in [2.45, 2.75) is 26.3 Å². The quantitative estimate of drug-likeness (QED) is 0.771. The van der Waals surface area contributed by atoms with Gasteiger partial charge in [0.15, 0.2) is 0 Å². The fraction of sp³-hybridized carbons (Fsp3) is 0.294. The smallest absolute Gasteiger partial charge is 0.134 e. The van der Waals surface area contributed by atoms with Crippen LogP contribution in [-0.4, -0.2) is 7.05 Å². The molecular formula is C17H19NO2. The average Bonchev–Trinajstić information content (AvgIpc) is 3.05. The van der Waals surface area contributed by atoms with Crippen molar-refractivity contribution >= 4 is 11.0 Å². The summed E-state index contributed by atoms with van der Waals surface area (Å²) in [5, 5.41) is 4.57. The van der Waals surface area contributed by atoms with Crippen molar-refractivity contribution in [3.63, 3.8) is 0 Å². The molecule has 1 unspecified atom stereocenters. The third-order valence-corrected chi connectivity index (χ3v) is 3.82. The minimum absolute atomic E-state index is 0.0901. The molecule has 0 aliphatic rings. The Hall–Kier alpha value is -2.00. The summed E-state index contributed by atoms with van der Waals surface area (Å²) in [6.07, 6.45) is 2.61. The van der Waals surface area contributed by atoms with Gasteiger partial charge in [-0.05, 0) is 26.1 Å². The molecule has 0 aliphatic carbocycles. The number of nitrogens with one attached hydrogen (secondary N) is 1. The van der Waals surface area contributed by atoms with Crippen LogP contribution in [0.4, 0.5) is 0 Å². The molecule has 3 heteroatoms. The van der Waals surface area contributed by atoms with Gasteiger partial charge in [-0.15, -0.1) is 0 Å². The predicted molar refractivity (Wildman–Crippen MR) is 79.9 cm³/mol. The van der Waals surface area contributed by atoms with Crippen molar-refractivity contribution in [1.82, 2.24) is 5.32 Å². The molecule has 0 aliphatic heterocycles. The van der Waals surface area contributed by atoms with Gasteiger partial charge in [-0.1, -0.05) is 25.1 Å². The Morgan fingerprint density at radius 1 is 1.20 bits per heavy atom. The van der Waals surface area contributed by atoms with E-state index in [2.05, 4.69) is 24.4 Å². The second kappa shape index (κ2) is 5.17. The number of hydrogen-bond donors (Lipinski definition) is 1. The van der Waals surface area contributed by atoms with Crippen molar-refractivity contribution in [1.29, 1.82) is 0 Å². The number of fused-ring (bicyclic) bond motifs is 1. The van der Waals surface area contributed by atoms with E-state index in [9.17, 15) is 0 Å². The molecule has 20 heavy (non-hydrogen) atoms. The third-order valence-electron chi connectivity index (χ3n) is 3.82. The van der Waals surface area contributed by atoms with Crippen LogP contribution in [0.3, 0.4) is 0 Å². The first-order chi connectivity index (χ1) is 9.76. The first kappa shape index (κ1) is 13.0. The molecule has 0 spiro atoms. The van der Waals surface area contributed by atoms with Crippen LogP contribution in [0.1, 0.15) is 35.6 Å². The Bertz CT molecular complexity index is 724. The molecule has 3 nitrogen and oxygen atoms in total. The molecule has 3 rings (SSSR count). The van der Waals surface area contributed by atoms with Crippen LogP contribution in [0, 0.1) is 6.92 Å². The molecule has 104 valence electrons. The molecule has 1 aromatic carbocycles. The van der Waals surface area contributed by atoms with E-state index in [1.807, 2.05) is 32.2 Å². The van der Waals surface area contributed by atoms with Crippen molar-refractivity contribution in [2.75, 3.05) is 7.05 Å². The van der Waals surface area contributed by atoms with Crippen molar-refractivity contribution in [3.8, 4) is 0 Å². The summed E-state index contributed by atoms with van der Waals surface area (Å²) in [6.45, 7) is 4.11. The maximum atomic E-state index is 6.00. The van der Waals surface area contributed by atoms with Crippen LogP contribution < -0.4 is 5.32 Å². The molecule has 2 heterocycles. The minimum atomic E-state index is 0.0901. The highest BCUT2D eigenvalue weighted by atomic mass is 16.3. The first-order valence-corrected chi connectivity index (χ1v) is 6.97. The second-order valence-corrected chi connectivity index (χ2v) is 4.94. The van der Waals surface area contributed by atoms with Crippen LogP contribution in [0.2, 0.25) is 0 Å². The number of para-hydroxylation sites is 1. The molecule has 3 aromatic rings. The fourth-order valence-electron chi connectivity index (χ4n) is 2.84. The normalized spacial score (nSPS) is 12.9. The van der Waals surface area contributed by atoms with Gasteiger partial charge in [0.05, 0.1) is 12.3 Å². The zero-order chi connectivity index (χ0) is 14.1. The molecule has 1 atom stereocenters. The van der Waals surface area contributed by atoms with Gasteiger partial charge in [-0.2, -0.15) is 0 Å². The minimum Gasteiger partial charge on any atom is -0.469 e. The van der Waals surface area contributed by atoms with Gasteiger partial charge >= 0.3 is 0 Å².